The van der Waals surface area contributed by atoms with Crippen LogP contribution in [0.1, 0.15) is 30.4 Å². The van der Waals surface area contributed by atoms with Crippen LogP contribution in [-0.4, -0.2) is 24.5 Å². The highest BCUT2D eigenvalue weighted by atomic mass is 16.2. The molecule has 1 saturated heterocycles. The van der Waals surface area contributed by atoms with E-state index in [1.54, 1.807) is 0 Å². The lowest BCUT2D eigenvalue weighted by molar-refractivity contribution is -0.124. The van der Waals surface area contributed by atoms with E-state index in [2.05, 4.69) is 47.9 Å². The van der Waals surface area contributed by atoms with Gasteiger partial charge in [-0.1, -0.05) is 55.0 Å². The Morgan fingerprint density at radius 3 is 2.65 bits per heavy atom. The van der Waals surface area contributed by atoms with Crippen molar-refractivity contribution in [1.29, 1.82) is 5.26 Å². The number of nitrogens with zero attached hydrogens (tertiary/aromatic N) is 1. The highest BCUT2D eigenvalue weighted by Gasteiger charge is 2.22. The molecule has 1 aliphatic rings. The molecule has 2 N–H and O–H groups in total. The molecular formula is C22H25N3O. The summed E-state index contributed by atoms with van der Waals surface area (Å²) in [5, 5.41) is 15.5. The maximum Gasteiger partial charge on any atom is 0.238 e. The van der Waals surface area contributed by atoms with Gasteiger partial charge < -0.3 is 10.6 Å². The molecule has 1 amide bonds. The van der Waals surface area contributed by atoms with Crippen LogP contribution >= 0.6 is 0 Å². The van der Waals surface area contributed by atoms with Crippen molar-refractivity contribution in [2.24, 2.45) is 0 Å². The molecule has 1 heterocycles. The summed E-state index contributed by atoms with van der Waals surface area (Å²) in [6.45, 7) is 2.97. The van der Waals surface area contributed by atoms with Gasteiger partial charge in [0.2, 0.25) is 5.91 Å². The third kappa shape index (κ3) is 4.50. The van der Waals surface area contributed by atoms with Gasteiger partial charge in [0.05, 0.1) is 12.1 Å². The molecule has 0 bridgehead atoms. The summed E-state index contributed by atoms with van der Waals surface area (Å²) in [4.78, 5) is 12.3. The fourth-order valence-corrected chi connectivity index (χ4v) is 3.43. The SMILES string of the molecule is Cc1ccccc1-c1ccc(C[C@@H](C#N)NC(=O)[C@@H]2CCCCN2)cc1. The fourth-order valence-electron chi connectivity index (χ4n) is 3.43. The summed E-state index contributed by atoms with van der Waals surface area (Å²) in [5.41, 5.74) is 4.66. The highest BCUT2D eigenvalue weighted by Crippen LogP contribution is 2.23. The van der Waals surface area contributed by atoms with Crippen molar-refractivity contribution in [2.75, 3.05) is 6.54 Å². The minimum atomic E-state index is -0.504. The summed E-state index contributed by atoms with van der Waals surface area (Å²) in [6, 6.07) is 18.1. The van der Waals surface area contributed by atoms with Gasteiger partial charge >= 0.3 is 0 Å². The van der Waals surface area contributed by atoms with Crippen LogP contribution in [0.15, 0.2) is 48.5 Å². The number of amides is 1. The normalized spacial score (nSPS) is 17.9. The molecule has 0 saturated carbocycles. The molecule has 2 aromatic rings. The van der Waals surface area contributed by atoms with Crippen LogP contribution in [-0.2, 0) is 11.2 Å². The predicted molar refractivity (Wildman–Crippen MR) is 104 cm³/mol. The molecule has 0 aliphatic carbocycles. The van der Waals surface area contributed by atoms with E-state index in [-0.39, 0.29) is 11.9 Å². The first-order chi connectivity index (χ1) is 12.7. The monoisotopic (exact) mass is 347 g/mol. The highest BCUT2D eigenvalue weighted by molar-refractivity contribution is 5.82. The number of aryl methyl sites for hydroxylation is 1. The molecule has 1 fully saturated rings. The van der Waals surface area contributed by atoms with Crippen molar-refractivity contribution in [3.05, 3.63) is 59.7 Å². The molecule has 0 unspecified atom stereocenters. The minimum Gasteiger partial charge on any atom is -0.339 e. The molecule has 4 nitrogen and oxygen atoms in total. The molecule has 3 rings (SSSR count). The van der Waals surface area contributed by atoms with E-state index in [0.29, 0.717) is 6.42 Å². The Hall–Kier alpha value is -2.64. The van der Waals surface area contributed by atoms with Crippen LogP contribution in [0.4, 0.5) is 0 Å². The maximum absolute atomic E-state index is 12.3. The number of hydrogen-bond donors (Lipinski definition) is 2. The van der Waals surface area contributed by atoms with Gasteiger partial charge in [0.1, 0.15) is 6.04 Å². The summed E-state index contributed by atoms with van der Waals surface area (Å²) >= 11 is 0. The van der Waals surface area contributed by atoms with Gasteiger partial charge in [0, 0.05) is 6.42 Å². The van der Waals surface area contributed by atoms with Gasteiger partial charge in [-0.2, -0.15) is 5.26 Å². The van der Waals surface area contributed by atoms with Gasteiger partial charge in [-0.05, 0) is 48.6 Å². The summed E-state index contributed by atoms with van der Waals surface area (Å²) in [5.74, 6) is -0.0622. The number of piperidine rings is 1. The molecule has 4 heteroatoms. The maximum atomic E-state index is 12.3. The number of benzene rings is 2. The van der Waals surface area contributed by atoms with Gasteiger partial charge in [0.25, 0.3) is 0 Å². The van der Waals surface area contributed by atoms with Crippen molar-refractivity contribution in [2.45, 2.75) is 44.7 Å². The minimum absolute atomic E-state index is 0.0622. The van der Waals surface area contributed by atoms with Gasteiger partial charge in [-0.25, -0.2) is 0 Å². The first kappa shape index (κ1) is 18.2. The zero-order valence-electron chi connectivity index (χ0n) is 15.2. The van der Waals surface area contributed by atoms with Crippen molar-refractivity contribution in [3.63, 3.8) is 0 Å². The Morgan fingerprint density at radius 2 is 2.00 bits per heavy atom. The van der Waals surface area contributed by atoms with E-state index in [1.165, 1.54) is 11.1 Å². The summed E-state index contributed by atoms with van der Waals surface area (Å²) in [6.07, 6.45) is 3.53. The van der Waals surface area contributed by atoms with Crippen LogP contribution in [0.5, 0.6) is 0 Å². The van der Waals surface area contributed by atoms with Crippen LogP contribution in [0.25, 0.3) is 11.1 Å². The standard InChI is InChI=1S/C22H25N3O/c1-16-6-2-3-7-20(16)18-11-9-17(10-12-18)14-19(15-23)25-22(26)21-8-4-5-13-24-21/h2-3,6-7,9-12,19,21,24H,4-5,8,13-14H2,1H3,(H,25,26)/t19-,21-/m0/s1. The second-order valence-corrected chi connectivity index (χ2v) is 6.91. The molecule has 26 heavy (non-hydrogen) atoms. The molecule has 2 aromatic carbocycles. The zero-order chi connectivity index (χ0) is 18.4. The number of rotatable bonds is 5. The lowest BCUT2D eigenvalue weighted by Gasteiger charge is -2.23. The average Bonchev–Trinajstić information content (AvgIpc) is 2.69. The number of hydrogen-bond acceptors (Lipinski definition) is 3. The number of nitriles is 1. The van der Waals surface area contributed by atoms with Crippen molar-refractivity contribution in [1.82, 2.24) is 10.6 Å². The van der Waals surface area contributed by atoms with E-state index in [1.807, 2.05) is 24.3 Å². The number of carbonyl (C=O) groups excluding carboxylic acids is 1. The fraction of sp³-hybridized carbons (Fsp3) is 0.364. The van der Waals surface area contributed by atoms with E-state index < -0.39 is 6.04 Å². The average molecular weight is 347 g/mol. The Labute approximate surface area is 155 Å². The molecule has 134 valence electrons. The Balaban J connectivity index is 1.62. The molecule has 1 aliphatic heterocycles. The summed E-state index contributed by atoms with van der Waals surface area (Å²) in [7, 11) is 0. The largest absolute Gasteiger partial charge is 0.339 e. The predicted octanol–water partition coefficient (Wildman–Crippen LogP) is 3.36. The van der Waals surface area contributed by atoms with Crippen LogP contribution in [0, 0.1) is 18.3 Å². The number of nitrogens with one attached hydrogen (secondary N) is 2. The van der Waals surface area contributed by atoms with Crippen LogP contribution < -0.4 is 10.6 Å². The lowest BCUT2D eigenvalue weighted by Crippen LogP contribution is -2.49. The van der Waals surface area contributed by atoms with E-state index in [0.717, 1.165) is 36.9 Å². The van der Waals surface area contributed by atoms with Gasteiger partial charge in [-0.3, -0.25) is 4.79 Å². The first-order valence-corrected chi connectivity index (χ1v) is 9.25. The van der Waals surface area contributed by atoms with Crippen molar-refractivity contribution >= 4 is 5.91 Å². The number of carbonyl (C=O) groups is 1. The summed E-state index contributed by atoms with van der Waals surface area (Å²) < 4.78 is 0. The van der Waals surface area contributed by atoms with Gasteiger partial charge in [-0.15, -0.1) is 0 Å². The van der Waals surface area contributed by atoms with Crippen molar-refractivity contribution in [3.8, 4) is 17.2 Å². The Morgan fingerprint density at radius 1 is 1.23 bits per heavy atom. The topological polar surface area (TPSA) is 64.9 Å². The van der Waals surface area contributed by atoms with E-state index >= 15 is 0 Å². The molecular weight excluding hydrogens is 322 g/mol. The second kappa shape index (κ2) is 8.64. The quantitative estimate of drug-likeness (QED) is 0.872. The zero-order valence-corrected chi connectivity index (χ0v) is 15.2. The first-order valence-electron chi connectivity index (χ1n) is 9.25. The Bertz CT molecular complexity index is 786. The molecule has 0 radical (unpaired) electrons. The molecule has 0 aromatic heterocycles. The van der Waals surface area contributed by atoms with E-state index in [4.69, 9.17) is 0 Å². The van der Waals surface area contributed by atoms with E-state index in [9.17, 15) is 10.1 Å². The molecule has 2 atom stereocenters. The third-order valence-corrected chi connectivity index (χ3v) is 4.95. The van der Waals surface area contributed by atoms with Crippen LogP contribution in [0.2, 0.25) is 0 Å². The van der Waals surface area contributed by atoms with Gasteiger partial charge in [0.15, 0.2) is 0 Å². The molecule has 0 spiro atoms. The second-order valence-electron chi connectivity index (χ2n) is 6.91. The van der Waals surface area contributed by atoms with Crippen molar-refractivity contribution < 1.29 is 4.79 Å². The Kier molecular flexibility index (Phi) is 6.04. The third-order valence-electron chi connectivity index (χ3n) is 4.95. The lowest BCUT2D eigenvalue weighted by atomic mass is 9.98. The van der Waals surface area contributed by atoms with Crippen LogP contribution in [0.3, 0.4) is 0 Å². The smallest absolute Gasteiger partial charge is 0.238 e.